The maximum absolute atomic E-state index is 13.1. The summed E-state index contributed by atoms with van der Waals surface area (Å²) in [5.41, 5.74) is 6.33. The second-order valence-corrected chi connectivity index (χ2v) is 5.25. The molecule has 7 heteroatoms. The van der Waals surface area contributed by atoms with Gasteiger partial charge in [0.25, 0.3) is 0 Å². The van der Waals surface area contributed by atoms with Crippen LogP contribution in [0, 0.1) is 5.82 Å². The van der Waals surface area contributed by atoms with E-state index in [0.717, 1.165) is 17.7 Å². The quantitative estimate of drug-likeness (QED) is 0.847. The highest BCUT2D eigenvalue weighted by Gasteiger charge is 2.32. The summed E-state index contributed by atoms with van der Waals surface area (Å²) < 4.78 is 51.0. The first-order valence-electron chi connectivity index (χ1n) is 6.89. The predicted molar refractivity (Wildman–Crippen MR) is 79.3 cm³/mol. The molecule has 0 saturated carbocycles. The summed E-state index contributed by atoms with van der Waals surface area (Å²) in [5, 5.41) is 5.74. The summed E-state index contributed by atoms with van der Waals surface area (Å²) in [4.78, 5) is 0. The average Bonchev–Trinajstić information content (AvgIpc) is 2.89. The third-order valence-corrected chi connectivity index (χ3v) is 3.65. The number of halogens is 4. The molecule has 0 bridgehead atoms. The van der Waals surface area contributed by atoms with Gasteiger partial charge in [-0.2, -0.15) is 18.3 Å². The Morgan fingerprint density at radius 3 is 2.17 bits per heavy atom. The zero-order valence-electron chi connectivity index (χ0n) is 11.9. The van der Waals surface area contributed by atoms with E-state index in [1.165, 1.54) is 24.3 Å². The van der Waals surface area contributed by atoms with Gasteiger partial charge in [-0.05, 0) is 42.0 Å². The Balaban J connectivity index is 1.91. The molecule has 0 fully saturated rings. The molecular weight excluding hydrogens is 310 g/mol. The van der Waals surface area contributed by atoms with Crippen LogP contribution in [0.5, 0.6) is 0 Å². The third kappa shape index (κ3) is 3.13. The number of hydrazone groups is 1. The van der Waals surface area contributed by atoms with Crippen molar-refractivity contribution in [3.63, 3.8) is 0 Å². The van der Waals surface area contributed by atoms with E-state index in [0.29, 0.717) is 17.9 Å². The Labute approximate surface area is 130 Å². The number of alkyl halides is 3. The van der Waals surface area contributed by atoms with Crippen LogP contribution < -0.4 is 10.7 Å². The Morgan fingerprint density at radius 1 is 1.00 bits per heavy atom. The lowest BCUT2D eigenvalue weighted by Gasteiger charge is -2.24. The highest BCUT2D eigenvalue weighted by Crippen LogP contribution is 2.36. The van der Waals surface area contributed by atoms with Crippen molar-refractivity contribution in [3.05, 3.63) is 65.5 Å². The molecule has 23 heavy (non-hydrogen) atoms. The molecule has 0 aromatic heterocycles. The van der Waals surface area contributed by atoms with Gasteiger partial charge in [-0.25, -0.2) is 4.39 Å². The first-order valence-corrected chi connectivity index (χ1v) is 6.89. The molecule has 0 amide bonds. The second kappa shape index (κ2) is 5.57. The molecule has 1 heterocycles. The molecule has 2 N–H and O–H groups in total. The number of hydrogen-bond acceptors (Lipinski definition) is 3. The number of hydrogen-bond donors (Lipinski definition) is 1. The summed E-state index contributed by atoms with van der Waals surface area (Å²) in [7, 11) is 0. The number of benzene rings is 2. The average molecular weight is 323 g/mol. The minimum absolute atomic E-state index is 0.271. The van der Waals surface area contributed by atoms with Gasteiger partial charge in [-0.3, -0.25) is 5.01 Å². The van der Waals surface area contributed by atoms with Crippen molar-refractivity contribution in [2.24, 2.45) is 10.8 Å². The van der Waals surface area contributed by atoms with Crippen molar-refractivity contribution < 1.29 is 17.6 Å². The Bertz CT molecular complexity index is 720. The Kier molecular flexibility index (Phi) is 3.71. The maximum atomic E-state index is 13.1. The number of rotatable bonds is 2. The molecule has 1 atom stereocenters. The van der Waals surface area contributed by atoms with E-state index in [1.807, 2.05) is 0 Å². The number of nitrogens with two attached hydrogens (primary N) is 1. The maximum Gasteiger partial charge on any atom is 0.416 e. The van der Waals surface area contributed by atoms with Crippen LogP contribution in [0.15, 0.2) is 53.6 Å². The summed E-state index contributed by atoms with van der Waals surface area (Å²) in [6, 6.07) is 10.3. The van der Waals surface area contributed by atoms with Gasteiger partial charge in [0.1, 0.15) is 11.7 Å². The summed E-state index contributed by atoms with van der Waals surface area (Å²) in [5.74, 6) is 0.0148. The molecule has 2 aromatic rings. The standard InChI is InChI=1S/C16H13F4N3/c17-12-5-1-10(2-6-12)14-9-15(21)22-23(14)13-7-3-11(4-8-13)16(18,19)20/h1-8,14H,9H2,(H2,21,22)/t14-/m0/s1. The van der Waals surface area contributed by atoms with Gasteiger partial charge >= 0.3 is 6.18 Å². The van der Waals surface area contributed by atoms with Crippen molar-refractivity contribution in [3.8, 4) is 0 Å². The van der Waals surface area contributed by atoms with Gasteiger partial charge in [0, 0.05) is 6.42 Å². The summed E-state index contributed by atoms with van der Waals surface area (Å²) in [6.07, 6.45) is -3.96. The number of anilines is 1. The first kappa shape index (κ1) is 15.3. The monoisotopic (exact) mass is 323 g/mol. The Hall–Kier alpha value is -2.57. The molecule has 0 unspecified atom stereocenters. The fourth-order valence-electron chi connectivity index (χ4n) is 2.52. The van der Waals surface area contributed by atoms with Crippen LogP contribution in [0.4, 0.5) is 23.2 Å². The normalized spacial score (nSPS) is 18.2. The van der Waals surface area contributed by atoms with Crippen LogP contribution >= 0.6 is 0 Å². The van der Waals surface area contributed by atoms with Crippen LogP contribution in [-0.4, -0.2) is 5.84 Å². The fraction of sp³-hybridized carbons (Fsp3) is 0.188. The molecule has 1 aliphatic heterocycles. The lowest BCUT2D eigenvalue weighted by molar-refractivity contribution is -0.137. The van der Waals surface area contributed by atoms with Crippen LogP contribution in [0.1, 0.15) is 23.6 Å². The van der Waals surface area contributed by atoms with Crippen LogP contribution in [0.2, 0.25) is 0 Å². The Morgan fingerprint density at radius 2 is 1.61 bits per heavy atom. The van der Waals surface area contributed by atoms with Crippen molar-refractivity contribution in [1.29, 1.82) is 0 Å². The van der Waals surface area contributed by atoms with E-state index in [2.05, 4.69) is 5.10 Å². The van der Waals surface area contributed by atoms with Crippen LogP contribution in [0.3, 0.4) is 0 Å². The highest BCUT2D eigenvalue weighted by molar-refractivity contribution is 5.85. The molecule has 0 aliphatic carbocycles. The van der Waals surface area contributed by atoms with Crippen LogP contribution in [-0.2, 0) is 6.18 Å². The van der Waals surface area contributed by atoms with E-state index < -0.39 is 11.7 Å². The van der Waals surface area contributed by atoms with E-state index in [4.69, 9.17) is 5.73 Å². The van der Waals surface area contributed by atoms with Gasteiger partial charge in [0.2, 0.25) is 0 Å². The van der Waals surface area contributed by atoms with Crippen molar-refractivity contribution >= 4 is 11.5 Å². The third-order valence-electron chi connectivity index (χ3n) is 3.65. The first-order chi connectivity index (χ1) is 10.8. The van der Waals surface area contributed by atoms with Crippen molar-refractivity contribution in [1.82, 2.24) is 0 Å². The van der Waals surface area contributed by atoms with Gasteiger partial charge in [-0.15, -0.1) is 0 Å². The largest absolute Gasteiger partial charge is 0.416 e. The van der Waals surface area contributed by atoms with E-state index >= 15 is 0 Å². The van der Waals surface area contributed by atoms with E-state index in [9.17, 15) is 17.6 Å². The molecule has 0 saturated heterocycles. The molecule has 120 valence electrons. The minimum atomic E-state index is -4.39. The van der Waals surface area contributed by atoms with E-state index in [1.54, 1.807) is 17.1 Å². The molecule has 1 aliphatic rings. The topological polar surface area (TPSA) is 41.6 Å². The molecule has 2 aromatic carbocycles. The van der Waals surface area contributed by atoms with Gasteiger partial charge < -0.3 is 5.73 Å². The molecule has 0 radical (unpaired) electrons. The van der Waals surface area contributed by atoms with Gasteiger partial charge in [0.05, 0.1) is 17.3 Å². The molecule has 3 rings (SSSR count). The molecule has 0 spiro atoms. The lowest BCUT2D eigenvalue weighted by Crippen LogP contribution is -2.19. The van der Waals surface area contributed by atoms with Crippen LogP contribution in [0.25, 0.3) is 0 Å². The fourth-order valence-corrected chi connectivity index (χ4v) is 2.52. The summed E-state index contributed by atoms with van der Waals surface area (Å²) in [6.45, 7) is 0. The van der Waals surface area contributed by atoms with Gasteiger partial charge in [0.15, 0.2) is 0 Å². The van der Waals surface area contributed by atoms with Crippen molar-refractivity contribution in [2.45, 2.75) is 18.6 Å². The molecule has 3 nitrogen and oxygen atoms in total. The number of amidine groups is 1. The second-order valence-electron chi connectivity index (χ2n) is 5.25. The predicted octanol–water partition coefficient (Wildman–Crippen LogP) is 4.07. The van der Waals surface area contributed by atoms with Crippen molar-refractivity contribution in [2.75, 3.05) is 5.01 Å². The summed E-state index contributed by atoms with van der Waals surface area (Å²) >= 11 is 0. The SMILES string of the molecule is NC1=NN(c2ccc(C(F)(F)F)cc2)[C@H](c2ccc(F)cc2)C1. The zero-order chi connectivity index (χ0) is 16.6. The lowest BCUT2D eigenvalue weighted by atomic mass is 10.0. The number of nitrogens with zero attached hydrogens (tertiary/aromatic N) is 2. The van der Waals surface area contributed by atoms with Gasteiger partial charge in [-0.1, -0.05) is 12.1 Å². The smallest absolute Gasteiger partial charge is 0.386 e. The highest BCUT2D eigenvalue weighted by atomic mass is 19.4. The minimum Gasteiger partial charge on any atom is -0.386 e. The zero-order valence-corrected chi connectivity index (χ0v) is 11.9. The van der Waals surface area contributed by atoms with E-state index in [-0.39, 0.29) is 11.9 Å². The molecular formula is C16H13F4N3.